The van der Waals surface area contributed by atoms with E-state index in [1.165, 1.54) is 4.31 Å². The maximum atomic E-state index is 13.1. The Bertz CT molecular complexity index is 922. The summed E-state index contributed by atoms with van der Waals surface area (Å²) in [5.74, 6) is -0.344. The molecule has 0 aliphatic carbocycles. The molecule has 144 valence electrons. The number of carbonyl (C=O) groups is 1. The first-order valence-electron chi connectivity index (χ1n) is 8.95. The second kappa shape index (κ2) is 8.00. The number of halogens is 1. The second-order valence-electron chi connectivity index (χ2n) is 6.87. The van der Waals surface area contributed by atoms with Gasteiger partial charge in [-0.25, -0.2) is 8.42 Å². The van der Waals surface area contributed by atoms with Crippen LogP contribution in [0, 0.1) is 13.8 Å². The van der Waals surface area contributed by atoms with Gasteiger partial charge in [-0.15, -0.1) is 0 Å². The molecule has 1 saturated heterocycles. The molecule has 1 aliphatic heterocycles. The number of nitrogens with zero attached hydrogens (tertiary/aromatic N) is 1. The Morgan fingerprint density at radius 2 is 1.85 bits per heavy atom. The zero-order chi connectivity index (χ0) is 19.6. The van der Waals surface area contributed by atoms with Crippen LogP contribution in [0.1, 0.15) is 30.4 Å². The van der Waals surface area contributed by atoms with Crippen molar-refractivity contribution in [2.75, 3.05) is 11.9 Å². The molecular formula is C20H23ClN2O3S. The third-order valence-corrected chi connectivity index (χ3v) is 7.01. The van der Waals surface area contributed by atoms with Gasteiger partial charge in [-0.3, -0.25) is 4.79 Å². The van der Waals surface area contributed by atoms with E-state index in [-0.39, 0.29) is 10.8 Å². The molecule has 2 aromatic rings. The van der Waals surface area contributed by atoms with E-state index >= 15 is 0 Å². The van der Waals surface area contributed by atoms with E-state index < -0.39 is 16.1 Å². The van der Waals surface area contributed by atoms with Gasteiger partial charge in [0.1, 0.15) is 6.04 Å². The third-order valence-electron chi connectivity index (χ3n) is 4.79. The van der Waals surface area contributed by atoms with Crippen molar-refractivity contribution >= 4 is 33.2 Å². The number of anilines is 1. The van der Waals surface area contributed by atoms with Crippen LogP contribution in [-0.2, 0) is 14.8 Å². The average molecular weight is 407 g/mol. The van der Waals surface area contributed by atoms with Gasteiger partial charge >= 0.3 is 0 Å². The van der Waals surface area contributed by atoms with Gasteiger partial charge < -0.3 is 5.32 Å². The van der Waals surface area contributed by atoms with Crippen LogP contribution in [0.2, 0.25) is 5.02 Å². The molecule has 1 amide bonds. The highest BCUT2D eigenvalue weighted by Crippen LogP contribution is 2.30. The average Bonchev–Trinajstić information content (AvgIpc) is 2.65. The Balaban J connectivity index is 1.89. The Morgan fingerprint density at radius 1 is 1.15 bits per heavy atom. The molecule has 5 nitrogen and oxygen atoms in total. The summed E-state index contributed by atoms with van der Waals surface area (Å²) >= 11 is 6.29. The van der Waals surface area contributed by atoms with E-state index in [0.29, 0.717) is 23.7 Å². The van der Waals surface area contributed by atoms with Crippen LogP contribution >= 0.6 is 11.6 Å². The quantitative estimate of drug-likeness (QED) is 0.829. The molecule has 2 aromatic carbocycles. The summed E-state index contributed by atoms with van der Waals surface area (Å²) in [6.07, 6.45) is 2.03. The highest BCUT2D eigenvalue weighted by Gasteiger charge is 2.37. The minimum atomic E-state index is -3.74. The number of nitrogens with one attached hydrogen (secondary N) is 1. The van der Waals surface area contributed by atoms with Crippen LogP contribution in [0.25, 0.3) is 0 Å². The van der Waals surface area contributed by atoms with Gasteiger partial charge in [0.2, 0.25) is 15.9 Å². The van der Waals surface area contributed by atoms with Gasteiger partial charge in [-0.1, -0.05) is 42.3 Å². The molecule has 1 heterocycles. The lowest BCUT2D eigenvalue weighted by molar-refractivity contribution is -0.120. The van der Waals surface area contributed by atoms with E-state index in [9.17, 15) is 13.2 Å². The lowest BCUT2D eigenvalue weighted by Crippen LogP contribution is -2.49. The molecular weight excluding hydrogens is 384 g/mol. The number of hydrogen-bond donors (Lipinski definition) is 1. The number of benzene rings is 2. The predicted molar refractivity (Wildman–Crippen MR) is 108 cm³/mol. The standard InChI is InChI=1S/C20H23ClN2O3S/c1-14-12-15(2)19(17(21)13-14)22-20(24)18-10-6-7-11-23(18)27(25,26)16-8-4-3-5-9-16/h3-5,8-9,12-13,18H,6-7,10-11H2,1-2H3,(H,22,24)/t18-/m1/s1. The summed E-state index contributed by atoms with van der Waals surface area (Å²) in [4.78, 5) is 13.2. The number of carbonyl (C=O) groups excluding carboxylic acids is 1. The topological polar surface area (TPSA) is 66.5 Å². The number of sulfonamides is 1. The van der Waals surface area contributed by atoms with Crippen molar-refractivity contribution in [1.29, 1.82) is 0 Å². The fraction of sp³-hybridized carbons (Fsp3) is 0.350. The lowest BCUT2D eigenvalue weighted by atomic mass is 10.0. The molecule has 7 heteroatoms. The van der Waals surface area contributed by atoms with Crippen molar-refractivity contribution < 1.29 is 13.2 Å². The largest absolute Gasteiger partial charge is 0.323 e. The highest BCUT2D eigenvalue weighted by molar-refractivity contribution is 7.89. The minimum absolute atomic E-state index is 0.203. The fourth-order valence-corrected chi connectivity index (χ4v) is 5.51. The first-order chi connectivity index (χ1) is 12.8. The SMILES string of the molecule is Cc1cc(C)c(NC(=O)[C@H]2CCCCN2S(=O)(=O)c2ccccc2)c(Cl)c1. The molecule has 0 saturated carbocycles. The van der Waals surface area contributed by atoms with Gasteiger partial charge in [0.25, 0.3) is 0 Å². The first kappa shape index (κ1) is 19.9. The number of hydrogen-bond acceptors (Lipinski definition) is 3. The molecule has 1 aliphatic rings. The smallest absolute Gasteiger partial charge is 0.243 e. The van der Waals surface area contributed by atoms with Crippen LogP contribution in [0.15, 0.2) is 47.4 Å². The number of aryl methyl sites for hydroxylation is 2. The van der Waals surface area contributed by atoms with Gasteiger partial charge in [-0.05, 0) is 56.0 Å². The summed E-state index contributed by atoms with van der Waals surface area (Å²) < 4.78 is 27.4. The number of amides is 1. The molecule has 0 aromatic heterocycles. The van der Waals surface area contributed by atoms with Gasteiger partial charge in [-0.2, -0.15) is 4.31 Å². The maximum absolute atomic E-state index is 13.1. The van der Waals surface area contributed by atoms with Gasteiger partial charge in [0.05, 0.1) is 15.6 Å². The Labute approximate surface area is 165 Å². The molecule has 1 N–H and O–H groups in total. The summed E-state index contributed by atoms with van der Waals surface area (Å²) in [7, 11) is -3.74. The fourth-order valence-electron chi connectivity index (χ4n) is 3.46. The molecule has 1 atom stereocenters. The van der Waals surface area contributed by atoms with Crippen LogP contribution in [0.4, 0.5) is 5.69 Å². The normalized spacial score (nSPS) is 18.3. The Hall–Kier alpha value is -1.89. The second-order valence-corrected chi connectivity index (χ2v) is 9.17. The number of piperidine rings is 1. The van der Waals surface area contributed by atoms with Crippen molar-refractivity contribution in [3.8, 4) is 0 Å². The monoisotopic (exact) mass is 406 g/mol. The molecule has 0 bridgehead atoms. The van der Waals surface area contributed by atoms with E-state index in [1.54, 1.807) is 36.4 Å². The van der Waals surface area contributed by atoms with Crippen molar-refractivity contribution in [3.63, 3.8) is 0 Å². The van der Waals surface area contributed by atoms with Crippen LogP contribution in [0.5, 0.6) is 0 Å². The van der Waals surface area contributed by atoms with Crippen LogP contribution < -0.4 is 5.32 Å². The summed E-state index contributed by atoms with van der Waals surface area (Å²) in [5.41, 5.74) is 2.39. The summed E-state index contributed by atoms with van der Waals surface area (Å²) in [6.45, 7) is 4.13. The maximum Gasteiger partial charge on any atom is 0.243 e. The van der Waals surface area contributed by atoms with Gasteiger partial charge in [0.15, 0.2) is 0 Å². The highest BCUT2D eigenvalue weighted by atomic mass is 35.5. The van der Waals surface area contributed by atoms with Gasteiger partial charge in [0, 0.05) is 6.54 Å². The summed E-state index contributed by atoms with van der Waals surface area (Å²) in [6, 6.07) is 11.2. The number of rotatable bonds is 4. The molecule has 0 spiro atoms. The van der Waals surface area contributed by atoms with Crippen molar-refractivity contribution in [1.82, 2.24) is 4.31 Å². The third kappa shape index (κ3) is 4.18. The van der Waals surface area contributed by atoms with E-state index in [4.69, 9.17) is 11.6 Å². The zero-order valence-corrected chi connectivity index (χ0v) is 17.0. The zero-order valence-electron chi connectivity index (χ0n) is 15.4. The van der Waals surface area contributed by atoms with Crippen molar-refractivity contribution in [2.24, 2.45) is 0 Å². The molecule has 27 heavy (non-hydrogen) atoms. The molecule has 0 radical (unpaired) electrons. The Morgan fingerprint density at radius 3 is 2.52 bits per heavy atom. The van der Waals surface area contributed by atoms with E-state index in [1.807, 2.05) is 19.9 Å². The van der Waals surface area contributed by atoms with Crippen molar-refractivity contribution in [3.05, 3.63) is 58.6 Å². The van der Waals surface area contributed by atoms with Crippen LogP contribution in [0.3, 0.4) is 0 Å². The first-order valence-corrected chi connectivity index (χ1v) is 10.8. The van der Waals surface area contributed by atoms with Crippen molar-refractivity contribution in [2.45, 2.75) is 44.0 Å². The van der Waals surface area contributed by atoms with E-state index in [0.717, 1.165) is 24.0 Å². The minimum Gasteiger partial charge on any atom is -0.323 e. The molecule has 0 unspecified atom stereocenters. The molecule has 3 rings (SSSR count). The Kier molecular flexibility index (Phi) is 5.89. The lowest BCUT2D eigenvalue weighted by Gasteiger charge is -2.33. The van der Waals surface area contributed by atoms with Crippen LogP contribution in [-0.4, -0.2) is 31.2 Å². The van der Waals surface area contributed by atoms with E-state index in [2.05, 4.69) is 5.32 Å². The molecule has 1 fully saturated rings. The summed E-state index contributed by atoms with van der Waals surface area (Å²) in [5, 5.41) is 3.30. The predicted octanol–water partition coefficient (Wildman–Crippen LogP) is 4.14.